The Balaban J connectivity index is 0.00000232. The van der Waals surface area contributed by atoms with Gasteiger partial charge in [0.2, 0.25) is 0 Å². The predicted octanol–water partition coefficient (Wildman–Crippen LogP) is 2.69. The molecule has 1 rings (SSSR count). The van der Waals surface area contributed by atoms with E-state index in [1.54, 1.807) is 0 Å². The minimum absolute atomic E-state index is 0.332. The molecule has 0 bridgehead atoms. The maximum absolute atomic E-state index is 12.5. The summed E-state index contributed by atoms with van der Waals surface area (Å²) in [6.07, 6.45) is -3.66. The summed E-state index contributed by atoms with van der Waals surface area (Å²) < 4.78 is 41.9. The largest absolute Gasteiger partial charge is 0.468 e. The fraction of sp³-hybridized carbons (Fsp3) is 0.462. The number of alkyl halides is 3. The lowest BCUT2D eigenvalue weighted by atomic mass is 10.2. The van der Waals surface area contributed by atoms with Gasteiger partial charge in [0.15, 0.2) is 0 Å². The summed E-state index contributed by atoms with van der Waals surface area (Å²) in [5.74, 6) is -1.09. The van der Waals surface area contributed by atoms with E-state index < -0.39 is 30.3 Å². The molecule has 0 aliphatic heterocycles. The van der Waals surface area contributed by atoms with Crippen LogP contribution in [0.5, 0.6) is 0 Å². The van der Waals surface area contributed by atoms with Crippen molar-refractivity contribution in [2.45, 2.75) is 20.0 Å². The average molecular weight is 337 g/mol. The molecule has 1 aromatic rings. The van der Waals surface area contributed by atoms with E-state index in [2.05, 4.69) is 19.9 Å². The van der Waals surface area contributed by atoms with Gasteiger partial charge in [-0.3, -0.25) is 14.9 Å². The highest BCUT2D eigenvalue weighted by Gasteiger charge is 2.31. The van der Waals surface area contributed by atoms with Crippen LogP contribution in [-0.2, 0) is 20.5 Å². The van der Waals surface area contributed by atoms with E-state index in [1.165, 1.54) is 0 Å². The molecular formula is C13H18F3N3O4. The van der Waals surface area contributed by atoms with E-state index in [1.807, 2.05) is 13.8 Å². The first kappa shape index (κ1) is 20.6. The summed E-state index contributed by atoms with van der Waals surface area (Å²) in [6, 6.07) is 0.456. The smallest absolute Gasteiger partial charge is 0.416 e. The summed E-state index contributed by atoms with van der Waals surface area (Å²) in [5.41, 5.74) is -0.968. The summed E-state index contributed by atoms with van der Waals surface area (Å²) in [4.78, 5) is 31.0. The van der Waals surface area contributed by atoms with Crippen LogP contribution in [0, 0.1) is 0 Å². The Morgan fingerprint density at radius 2 is 1.91 bits per heavy atom. The number of rotatable bonds is 4. The number of hydroxylamine groups is 2. The van der Waals surface area contributed by atoms with Crippen LogP contribution in [0.4, 0.5) is 23.8 Å². The molecule has 0 atom stereocenters. The van der Waals surface area contributed by atoms with Gasteiger partial charge in [0.05, 0.1) is 19.8 Å². The normalized spacial score (nSPS) is 10.2. The second-order valence-corrected chi connectivity index (χ2v) is 3.65. The van der Waals surface area contributed by atoms with E-state index in [-0.39, 0.29) is 5.82 Å². The Morgan fingerprint density at radius 3 is 2.39 bits per heavy atom. The summed E-state index contributed by atoms with van der Waals surface area (Å²) >= 11 is 0. The number of aromatic nitrogens is 1. The SMILES string of the molecule is CC.COC(=O)CN(OC)C(=O)Nc1cc(C(F)(F)F)ccn1. The minimum Gasteiger partial charge on any atom is -0.468 e. The minimum atomic E-state index is -4.56. The third-order valence-electron chi connectivity index (χ3n) is 2.27. The van der Waals surface area contributed by atoms with E-state index >= 15 is 0 Å². The number of methoxy groups -OCH3 is 1. The molecule has 0 fully saturated rings. The van der Waals surface area contributed by atoms with Gasteiger partial charge in [-0.05, 0) is 12.1 Å². The van der Waals surface area contributed by atoms with Crippen LogP contribution in [0.3, 0.4) is 0 Å². The molecule has 130 valence electrons. The molecule has 0 radical (unpaired) electrons. The molecule has 1 N–H and O–H groups in total. The number of carbonyl (C=O) groups is 2. The Hall–Kier alpha value is -2.36. The third kappa shape index (κ3) is 6.96. The van der Waals surface area contributed by atoms with Crippen molar-refractivity contribution in [3.63, 3.8) is 0 Å². The van der Waals surface area contributed by atoms with Crippen LogP contribution >= 0.6 is 0 Å². The Morgan fingerprint density at radius 1 is 1.30 bits per heavy atom. The fourth-order valence-electron chi connectivity index (χ4n) is 1.25. The summed E-state index contributed by atoms with van der Waals surface area (Å²) in [5, 5.41) is 2.66. The van der Waals surface area contributed by atoms with Gasteiger partial charge in [-0.15, -0.1) is 0 Å². The standard InChI is InChI=1S/C11H12F3N3O4.C2H6/c1-20-9(18)6-17(21-2)10(19)16-8-5-7(3-4-15-8)11(12,13)14;1-2/h3-5H,6H2,1-2H3,(H,15,16,19);1-2H3. The van der Waals surface area contributed by atoms with Crippen molar-refractivity contribution in [1.29, 1.82) is 0 Å². The maximum Gasteiger partial charge on any atom is 0.416 e. The van der Waals surface area contributed by atoms with Gasteiger partial charge in [-0.25, -0.2) is 9.78 Å². The van der Waals surface area contributed by atoms with Gasteiger partial charge in [-0.1, -0.05) is 13.8 Å². The molecule has 1 aromatic heterocycles. The molecule has 0 aliphatic carbocycles. The molecule has 10 heteroatoms. The summed E-state index contributed by atoms with van der Waals surface area (Å²) in [6.45, 7) is 3.47. The third-order valence-corrected chi connectivity index (χ3v) is 2.27. The number of ether oxygens (including phenoxy) is 1. The Labute approximate surface area is 131 Å². The molecule has 1 heterocycles. The van der Waals surface area contributed by atoms with Crippen LogP contribution < -0.4 is 5.32 Å². The van der Waals surface area contributed by atoms with E-state index in [0.717, 1.165) is 26.5 Å². The van der Waals surface area contributed by atoms with Crippen molar-refractivity contribution in [2.75, 3.05) is 26.1 Å². The van der Waals surface area contributed by atoms with Crippen LogP contribution in [0.25, 0.3) is 0 Å². The topological polar surface area (TPSA) is 80.8 Å². The summed E-state index contributed by atoms with van der Waals surface area (Å²) in [7, 11) is 2.23. The van der Waals surface area contributed by atoms with E-state index in [9.17, 15) is 22.8 Å². The van der Waals surface area contributed by atoms with Gasteiger partial charge in [0.25, 0.3) is 0 Å². The molecule has 7 nitrogen and oxygen atoms in total. The van der Waals surface area contributed by atoms with Gasteiger partial charge in [0.1, 0.15) is 12.4 Å². The lowest BCUT2D eigenvalue weighted by molar-refractivity contribution is -0.153. The number of pyridine rings is 1. The van der Waals surface area contributed by atoms with Crippen molar-refractivity contribution in [3.8, 4) is 0 Å². The number of carbonyl (C=O) groups excluding carboxylic acids is 2. The lowest BCUT2D eigenvalue weighted by Crippen LogP contribution is -2.38. The molecular weight excluding hydrogens is 319 g/mol. The number of halogens is 3. The fourth-order valence-corrected chi connectivity index (χ4v) is 1.25. The van der Waals surface area contributed by atoms with Crippen molar-refractivity contribution in [1.82, 2.24) is 10.0 Å². The number of hydrogen-bond acceptors (Lipinski definition) is 5. The monoisotopic (exact) mass is 337 g/mol. The van der Waals surface area contributed by atoms with Gasteiger partial charge in [-0.2, -0.15) is 18.2 Å². The molecule has 0 saturated carbocycles. The molecule has 0 aromatic carbocycles. The zero-order chi connectivity index (χ0) is 18.0. The maximum atomic E-state index is 12.5. The van der Waals surface area contributed by atoms with Crippen LogP contribution in [0.1, 0.15) is 19.4 Å². The zero-order valence-corrected chi connectivity index (χ0v) is 13.1. The van der Waals surface area contributed by atoms with Gasteiger partial charge >= 0.3 is 18.2 Å². The predicted molar refractivity (Wildman–Crippen MR) is 75.3 cm³/mol. The first-order chi connectivity index (χ1) is 10.8. The van der Waals surface area contributed by atoms with Crippen molar-refractivity contribution >= 4 is 17.8 Å². The molecule has 0 aliphatic rings. The first-order valence-corrected chi connectivity index (χ1v) is 6.50. The second kappa shape index (κ2) is 9.62. The molecule has 23 heavy (non-hydrogen) atoms. The van der Waals surface area contributed by atoms with Gasteiger partial charge in [0, 0.05) is 6.20 Å². The number of hydrogen-bond donors (Lipinski definition) is 1. The second-order valence-electron chi connectivity index (χ2n) is 3.65. The van der Waals surface area contributed by atoms with Gasteiger partial charge < -0.3 is 4.74 Å². The zero-order valence-electron chi connectivity index (χ0n) is 13.1. The molecule has 0 saturated heterocycles. The molecule has 0 spiro atoms. The highest BCUT2D eigenvalue weighted by atomic mass is 19.4. The van der Waals surface area contributed by atoms with Crippen LogP contribution in [-0.4, -0.2) is 42.8 Å². The highest BCUT2D eigenvalue weighted by Crippen LogP contribution is 2.29. The molecule has 2 amide bonds. The number of nitrogens with one attached hydrogen (secondary N) is 1. The lowest BCUT2D eigenvalue weighted by Gasteiger charge is -2.18. The Kier molecular flexibility index (Phi) is 8.63. The number of amides is 2. The van der Waals surface area contributed by atoms with E-state index in [4.69, 9.17) is 0 Å². The quantitative estimate of drug-likeness (QED) is 0.675. The van der Waals surface area contributed by atoms with E-state index in [0.29, 0.717) is 11.1 Å². The van der Waals surface area contributed by atoms with Crippen molar-refractivity contribution < 1.29 is 32.3 Å². The number of nitrogens with zero attached hydrogens (tertiary/aromatic N) is 2. The number of urea groups is 1. The van der Waals surface area contributed by atoms with Crippen LogP contribution in [0.2, 0.25) is 0 Å². The molecule has 0 unspecified atom stereocenters. The van der Waals surface area contributed by atoms with Crippen molar-refractivity contribution in [2.24, 2.45) is 0 Å². The average Bonchev–Trinajstić information content (AvgIpc) is 2.53. The number of anilines is 1. The number of esters is 1. The first-order valence-electron chi connectivity index (χ1n) is 6.50. The van der Waals surface area contributed by atoms with Crippen molar-refractivity contribution in [3.05, 3.63) is 23.9 Å². The highest BCUT2D eigenvalue weighted by molar-refractivity contribution is 5.89. The van der Waals surface area contributed by atoms with Crippen LogP contribution in [0.15, 0.2) is 18.3 Å². The Bertz CT molecular complexity index is 523.